The molecule has 1 amide bonds. The van der Waals surface area contributed by atoms with Crippen LogP contribution in [-0.2, 0) is 0 Å². The topological polar surface area (TPSA) is 81.7 Å². The van der Waals surface area contributed by atoms with Crippen LogP contribution in [0, 0.1) is 5.82 Å². The lowest BCUT2D eigenvalue weighted by atomic mass is 10.2. The highest BCUT2D eigenvalue weighted by Crippen LogP contribution is 2.40. The van der Waals surface area contributed by atoms with E-state index in [4.69, 9.17) is 14.2 Å². The maximum absolute atomic E-state index is 13.0. The van der Waals surface area contributed by atoms with E-state index >= 15 is 0 Å². The molecule has 0 saturated heterocycles. The molecule has 7 nitrogen and oxygen atoms in total. The highest BCUT2D eigenvalue weighted by atomic mass is 19.1. The largest absolute Gasteiger partial charge is 0.493 e. The number of ether oxygens (including phenoxy) is 3. The third-order valence-corrected chi connectivity index (χ3v) is 4.06. The van der Waals surface area contributed by atoms with Gasteiger partial charge in [-0.3, -0.25) is 4.79 Å². The molecule has 0 atom stereocenters. The molecule has 3 aromatic rings. The number of hydrogen-bond acceptors (Lipinski definition) is 6. The van der Waals surface area contributed by atoms with Crippen molar-refractivity contribution in [2.24, 2.45) is 0 Å². The molecule has 0 saturated carbocycles. The van der Waals surface area contributed by atoms with Gasteiger partial charge in [0.15, 0.2) is 11.5 Å². The molecule has 0 aliphatic heterocycles. The Balaban J connectivity index is 1.80. The van der Waals surface area contributed by atoms with Crippen molar-refractivity contribution in [3.8, 4) is 17.2 Å². The fourth-order valence-electron chi connectivity index (χ4n) is 2.68. The first kappa shape index (κ1) is 19.9. The summed E-state index contributed by atoms with van der Waals surface area (Å²) in [5.74, 6) is 1.06. The predicted molar refractivity (Wildman–Crippen MR) is 108 cm³/mol. The number of pyridine rings is 1. The van der Waals surface area contributed by atoms with E-state index in [9.17, 15) is 9.18 Å². The minimum atomic E-state index is -0.344. The first-order valence-corrected chi connectivity index (χ1v) is 8.64. The smallest absolute Gasteiger partial charge is 0.255 e. The lowest BCUT2D eigenvalue weighted by Gasteiger charge is -2.14. The zero-order valence-corrected chi connectivity index (χ0v) is 16.2. The monoisotopic (exact) mass is 397 g/mol. The molecule has 3 rings (SSSR count). The van der Waals surface area contributed by atoms with Crippen LogP contribution in [0.25, 0.3) is 0 Å². The van der Waals surface area contributed by atoms with Gasteiger partial charge in [0.25, 0.3) is 5.91 Å². The molecule has 0 spiro atoms. The molecule has 0 unspecified atom stereocenters. The Labute approximate surface area is 167 Å². The van der Waals surface area contributed by atoms with E-state index in [1.807, 2.05) is 0 Å². The van der Waals surface area contributed by atoms with E-state index in [-0.39, 0.29) is 11.7 Å². The van der Waals surface area contributed by atoms with E-state index in [2.05, 4.69) is 15.6 Å². The Bertz CT molecular complexity index is 984. The summed E-state index contributed by atoms with van der Waals surface area (Å²) in [6.07, 6.45) is 1.51. The molecule has 1 heterocycles. The highest BCUT2D eigenvalue weighted by molar-refractivity contribution is 6.05. The summed E-state index contributed by atoms with van der Waals surface area (Å²) in [7, 11) is 4.50. The normalized spacial score (nSPS) is 10.2. The van der Waals surface area contributed by atoms with Crippen LogP contribution in [0.5, 0.6) is 17.2 Å². The number of hydrogen-bond donors (Lipinski definition) is 2. The van der Waals surface area contributed by atoms with Gasteiger partial charge < -0.3 is 24.8 Å². The quantitative estimate of drug-likeness (QED) is 0.621. The molecule has 150 valence electrons. The number of nitrogens with one attached hydrogen (secondary N) is 2. The van der Waals surface area contributed by atoms with Crippen molar-refractivity contribution in [3.05, 3.63) is 66.1 Å². The van der Waals surface area contributed by atoms with E-state index in [0.717, 1.165) is 0 Å². The van der Waals surface area contributed by atoms with Gasteiger partial charge in [0, 0.05) is 35.3 Å². The molecule has 29 heavy (non-hydrogen) atoms. The average Bonchev–Trinajstić information content (AvgIpc) is 2.74. The summed E-state index contributed by atoms with van der Waals surface area (Å²) in [6, 6.07) is 12.3. The van der Waals surface area contributed by atoms with Crippen molar-refractivity contribution in [2.45, 2.75) is 0 Å². The zero-order chi connectivity index (χ0) is 20.8. The second kappa shape index (κ2) is 8.92. The minimum absolute atomic E-state index is 0.331. The number of amides is 1. The second-order valence-corrected chi connectivity index (χ2v) is 5.93. The van der Waals surface area contributed by atoms with Crippen molar-refractivity contribution in [1.82, 2.24) is 4.98 Å². The molecule has 0 bridgehead atoms. The van der Waals surface area contributed by atoms with Gasteiger partial charge in [0.2, 0.25) is 5.75 Å². The Morgan fingerprint density at radius 2 is 1.55 bits per heavy atom. The van der Waals surface area contributed by atoms with Gasteiger partial charge in [-0.2, -0.15) is 0 Å². The standard InChI is InChI=1S/C21H20FN3O4/c1-27-17-11-16(12-18(28-2)20(17)29-3)25-21(26)13-8-9-23-19(10-13)24-15-6-4-14(22)5-7-15/h4-12H,1-3H3,(H,23,24)(H,25,26). The molecule has 2 aromatic carbocycles. The van der Waals surface area contributed by atoms with E-state index in [1.54, 1.807) is 36.4 Å². The number of methoxy groups -OCH3 is 3. The molecule has 0 radical (unpaired) electrons. The Morgan fingerprint density at radius 3 is 2.14 bits per heavy atom. The molecule has 1 aromatic heterocycles. The fraction of sp³-hybridized carbons (Fsp3) is 0.143. The summed E-state index contributed by atoms with van der Waals surface area (Å²) < 4.78 is 28.9. The average molecular weight is 397 g/mol. The number of aromatic nitrogens is 1. The van der Waals surface area contributed by atoms with Crippen molar-refractivity contribution in [2.75, 3.05) is 32.0 Å². The lowest BCUT2D eigenvalue weighted by Crippen LogP contribution is -2.13. The first-order chi connectivity index (χ1) is 14.0. The summed E-state index contributed by atoms with van der Waals surface area (Å²) in [6.45, 7) is 0. The van der Waals surface area contributed by atoms with Crippen molar-refractivity contribution in [3.63, 3.8) is 0 Å². The van der Waals surface area contributed by atoms with E-state index in [1.165, 1.54) is 39.7 Å². The van der Waals surface area contributed by atoms with Crippen LogP contribution in [-0.4, -0.2) is 32.2 Å². The number of carbonyl (C=O) groups is 1. The molecule has 2 N–H and O–H groups in total. The number of halogens is 1. The fourth-order valence-corrected chi connectivity index (χ4v) is 2.68. The maximum Gasteiger partial charge on any atom is 0.255 e. The third kappa shape index (κ3) is 4.73. The first-order valence-electron chi connectivity index (χ1n) is 8.64. The van der Waals surface area contributed by atoms with Crippen LogP contribution in [0.15, 0.2) is 54.7 Å². The van der Waals surface area contributed by atoms with Crippen LogP contribution in [0.4, 0.5) is 21.6 Å². The molecular formula is C21H20FN3O4. The van der Waals surface area contributed by atoms with E-state index in [0.29, 0.717) is 40.0 Å². The van der Waals surface area contributed by atoms with Crippen LogP contribution in [0.1, 0.15) is 10.4 Å². The number of nitrogens with zero attached hydrogens (tertiary/aromatic N) is 1. The number of rotatable bonds is 7. The lowest BCUT2D eigenvalue weighted by molar-refractivity contribution is 0.102. The molecule has 0 aliphatic carbocycles. The maximum atomic E-state index is 13.0. The van der Waals surface area contributed by atoms with Gasteiger partial charge in [0.05, 0.1) is 21.3 Å². The molecule has 0 aliphatic rings. The summed E-state index contributed by atoms with van der Waals surface area (Å²) in [5, 5.41) is 5.83. The van der Waals surface area contributed by atoms with Gasteiger partial charge in [0.1, 0.15) is 11.6 Å². The predicted octanol–water partition coefficient (Wildman–Crippen LogP) is 4.24. The Morgan fingerprint density at radius 1 is 0.897 bits per heavy atom. The van der Waals surface area contributed by atoms with Crippen LogP contribution < -0.4 is 24.8 Å². The number of anilines is 3. The molecule has 8 heteroatoms. The molecular weight excluding hydrogens is 377 g/mol. The summed E-state index contributed by atoms with van der Waals surface area (Å²) in [5.41, 5.74) is 1.52. The van der Waals surface area contributed by atoms with Gasteiger partial charge in [-0.1, -0.05) is 0 Å². The molecule has 0 fully saturated rings. The van der Waals surface area contributed by atoms with Gasteiger partial charge >= 0.3 is 0 Å². The summed E-state index contributed by atoms with van der Waals surface area (Å²) in [4.78, 5) is 16.9. The van der Waals surface area contributed by atoms with Crippen LogP contribution >= 0.6 is 0 Å². The number of benzene rings is 2. The van der Waals surface area contributed by atoms with Crippen molar-refractivity contribution in [1.29, 1.82) is 0 Å². The van der Waals surface area contributed by atoms with Gasteiger partial charge in [-0.05, 0) is 36.4 Å². The van der Waals surface area contributed by atoms with Crippen molar-refractivity contribution >= 4 is 23.1 Å². The van der Waals surface area contributed by atoms with Crippen molar-refractivity contribution < 1.29 is 23.4 Å². The minimum Gasteiger partial charge on any atom is -0.493 e. The van der Waals surface area contributed by atoms with Gasteiger partial charge in [-0.25, -0.2) is 9.37 Å². The zero-order valence-electron chi connectivity index (χ0n) is 16.2. The number of carbonyl (C=O) groups excluding carboxylic acids is 1. The third-order valence-electron chi connectivity index (χ3n) is 4.06. The highest BCUT2D eigenvalue weighted by Gasteiger charge is 2.15. The van der Waals surface area contributed by atoms with Crippen LogP contribution in [0.3, 0.4) is 0 Å². The SMILES string of the molecule is COc1cc(NC(=O)c2ccnc(Nc3ccc(F)cc3)c2)cc(OC)c1OC. The van der Waals surface area contributed by atoms with Crippen LogP contribution in [0.2, 0.25) is 0 Å². The van der Waals surface area contributed by atoms with Gasteiger partial charge in [-0.15, -0.1) is 0 Å². The summed E-state index contributed by atoms with van der Waals surface area (Å²) >= 11 is 0. The Hall–Kier alpha value is -3.81. The Kier molecular flexibility index (Phi) is 6.13. The van der Waals surface area contributed by atoms with E-state index < -0.39 is 0 Å². The second-order valence-electron chi connectivity index (χ2n) is 5.93.